The summed E-state index contributed by atoms with van der Waals surface area (Å²) >= 11 is 0. The molecule has 1 rings (SSSR count). The van der Waals surface area contributed by atoms with Crippen LogP contribution in [0.1, 0.15) is 19.8 Å². The van der Waals surface area contributed by atoms with Crippen LogP contribution in [0.2, 0.25) is 6.32 Å². The van der Waals surface area contributed by atoms with Gasteiger partial charge < -0.3 is 9.88 Å². The zero-order chi connectivity index (χ0) is 6.53. The highest BCUT2D eigenvalue weighted by Crippen LogP contribution is 2.06. The van der Waals surface area contributed by atoms with E-state index >= 15 is 0 Å². The summed E-state index contributed by atoms with van der Waals surface area (Å²) in [5, 5.41) is 3.31. The lowest BCUT2D eigenvalue weighted by molar-refractivity contribution is 0.352. The lowest BCUT2D eigenvalue weighted by Gasteiger charge is -2.04. The summed E-state index contributed by atoms with van der Waals surface area (Å²) in [6, 6.07) is 0. The van der Waals surface area contributed by atoms with Crippen molar-refractivity contribution in [3.05, 3.63) is 0 Å². The summed E-state index contributed by atoms with van der Waals surface area (Å²) < 4.78 is 5.34. The van der Waals surface area contributed by atoms with E-state index in [0.717, 1.165) is 13.2 Å². The summed E-state index contributed by atoms with van der Waals surface area (Å²) in [6.45, 7) is 4.20. The molecule has 0 aromatic heterocycles. The first kappa shape index (κ1) is 7.10. The SMILES string of the molecule is CCCNB1CCCO1. The Balaban J connectivity index is 1.98. The Morgan fingerprint density at radius 1 is 1.67 bits per heavy atom. The number of rotatable bonds is 3. The van der Waals surface area contributed by atoms with Crippen LogP contribution in [0.25, 0.3) is 0 Å². The second-order valence-corrected chi connectivity index (χ2v) is 2.46. The van der Waals surface area contributed by atoms with Gasteiger partial charge in [0, 0.05) is 6.61 Å². The fraction of sp³-hybridized carbons (Fsp3) is 1.00. The molecule has 0 saturated carbocycles. The van der Waals surface area contributed by atoms with Gasteiger partial charge in [-0.3, -0.25) is 0 Å². The Morgan fingerprint density at radius 3 is 3.11 bits per heavy atom. The van der Waals surface area contributed by atoms with Crippen molar-refractivity contribution < 1.29 is 4.65 Å². The minimum Gasteiger partial charge on any atom is -0.421 e. The first-order valence-corrected chi connectivity index (χ1v) is 3.78. The van der Waals surface area contributed by atoms with Crippen LogP contribution in [-0.2, 0) is 4.65 Å². The molecular weight excluding hydrogens is 113 g/mol. The molecule has 0 amide bonds. The fourth-order valence-corrected chi connectivity index (χ4v) is 1.04. The van der Waals surface area contributed by atoms with Gasteiger partial charge in [-0.2, -0.15) is 0 Å². The van der Waals surface area contributed by atoms with Crippen LogP contribution in [0.5, 0.6) is 0 Å². The minimum atomic E-state index is 0.366. The monoisotopic (exact) mass is 127 g/mol. The Morgan fingerprint density at radius 2 is 2.56 bits per heavy atom. The third kappa shape index (κ3) is 2.37. The van der Waals surface area contributed by atoms with Gasteiger partial charge in [0.2, 0.25) is 0 Å². The van der Waals surface area contributed by atoms with Crippen molar-refractivity contribution in [1.82, 2.24) is 5.23 Å². The van der Waals surface area contributed by atoms with Gasteiger partial charge in [0.1, 0.15) is 0 Å². The molecule has 1 heterocycles. The molecule has 0 aliphatic carbocycles. The first-order valence-electron chi connectivity index (χ1n) is 3.78. The summed E-state index contributed by atoms with van der Waals surface area (Å²) in [7, 11) is 0.366. The van der Waals surface area contributed by atoms with Gasteiger partial charge in [0.05, 0.1) is 0 Å². The van der Waals surface area contributed by atoms with Crippen molar-refractivity contribution in [2.24, 2.45) is 0 Å². The zero-order valence-electron chi connectivity index (χ0n) is 6.02. The lowest BCUT2D eigenvalue weighted by atomic mass is 9.80. The maximum atomic E-state index is 5.34. The van der Waals surface area contributed by atoms with Crippen LogP contribution in [0, 0.1) is 0 Å². The molecule has 1 saturated heterocycles. The molecule has 0 aromatic carbocycles. The molecule has 0 unspecified atom stereocenters. The van der Waals surface area contributed by atoms with E-state index in [1.165, 1.54) is 19.2 Å². The quantitative estimate of drug-likeness (QED) is 0.568. The lowest BCUT2D eigenvalue weighted by Crippen LogP contribution is -2.33. The van der Waals surface area contributed by atoms with Crippen molar-refractivity contribution in [3.8, 4) is 0 Å². The van der Waals surface area contributed by atoms with Gasteiger partial charge in [-0.05, 0) is 25.7 Å². The van der Waals surface area contributed by atoms with Gasteiger partial charge in [-0.25, -0.2) is 0 Å². The minimum absolute atomic E-state index is 0.366. The highest BCUT2D eigenvalue weighted by Gasteiger charge is 2.19. The fourth-order valence-electron chi connectivity index (χ4n) is 1.04. The molecule has 0 atom stereocenters. The smallest absolute Gasteiger partial charge is 0.379 e. The van der Waals surface area contributed by atoms with Crippen molar-refractivity contribution >= 4 is 7.05 Å². The van der Waals surface area contributed by atoms with Crippen LogP contribution < -0.4 is 5.23 Å². The van der Waals surface area contributed by atoms with E-state index in [1.54, 1.807) is 0 Å². The molecule has 0 spiro atoms. The molecule has 1 aliphatic heterocycles. The molecular formula is C6H14BNO. The average molecular weight is 127 g/mol. The number of nitrogens with one attached hydrogen (secondary N) is 1. The third-order valence-electron chi connectivity index (χ3n) is 1.55. The highest BCUT2D eigenvalue weighted by atomic mass is 16.4. The summed E-state index contributed by atoms with van der Waals surface area (Å²) in [4.78, 5) is 0. The molecule has 1 fully saturated rings. The molecule has 0 aromatic rings. The van der Waals surface area contributed by atoms with Crippen molar-refractivity contribution in [1.29, 1.82) is 0 Å². The van der Waals surface area contributed by atoms with Gasteiger partial charge in [0.15, 0.2) is 0 Å². The van der Waals surface area contributed by atoms with E-state index in [-0.39, 0.29) is 0 Å². The van der Waals surface area contributed by atoms with Gasteiger partial charge in [-0.15, -0.1) is 0 Å². The standard InChI is InChI=1S/C6H14BNO/c1-2-5-8-7-4-3-6-9-7/h8H,2-6H2,1H3. The maximum absolute atomic E-state index is 5.34. The van der Waals surface area contributed by atoms with Crippen LogP contribution >= 0.6 is 0 Å². The zero-order valence-corrected chi connectivity index (χ0v) is 6.02. The molecule has 9 heavy (non-hydrogen) atoms. The summed E-state index contributed by atoms with van der Waals surface area (Å²) in [5.41, 5.74) is 0. The van der Waals surface area contributed by atoms with Gasteiger partial charge in [0.25, 0.3) is 0 Å². The molecule has 2 nitrogen and oxygen atoms in total. The predicted octanol–water partition coefficient (Wildman–Crippen LogP) is 0.894. The van der Waals surface area contributed by atoms with Crippen LogP contribution in [0.4, 0.5) is 0 Å². The molecule has 0 radical (unpaired) electrons. The van der Waals surface area contributed by atoms with E-state index < -0.39 is 0 Å². The highest BCUT2D eigenvalue weighted by molar-refractivity contribution is 6.49. The topological polar surface area (TPSA) is 21.3 Å². The normalized spacial score (nSPS) is 19.0. The Bertz CT molecular complexity index is 73.5. The maximum Gasteiger partial charge on any atom is 0.379 e. The molecule has 52 valence electrons. The Hall–Kier alpha value is -0.0151. The van der Waals surface area contributed by atoms with Crippen LogP contribution in [0.15, 0.2) is 0 Å². The van der Waals surface area contributed by atoms with Crippen molar-refractivity contribution in [2.75, 3.05) is 13.2 Å². The molecule has 0 bridgehead atoms. The largest absolute Gasteiger partial charge is 0.421 e. The van der Waals surface area contributed by atoms with Crippen LogP contribution in [0.3, 0.4) is 0 Å². The third-order valence-corrected chi connectivity index (χ3v) is 1.55. The van der Waals surface area contributed by atoms with E-state index in [2.05, 4.69) is 12.2 Å². The van der Waals surface area contributed by atoms with Gasteiger partial charge in [-0.1, -0.05) is 6.92 Å². The summed E-state index contributed by atoms with van der Waals surface area (Å²) in [6.07, 6.45) is 3.61. The Kier molecular flexibility index (Phi) is 3.08. The second-order valence-electron chi connectivity index (χ2n) is 2.46. The van der Waals surface area contributed by atoms with E-state index in [4.69, 9.17) is 4.65 Å². The van der Waals surface area contributed by atoms with E-state index in [0.29, 0.717) is 7.05 Å². The second kappa shape index (κ2) is 3.91. The van der Waals surface area contributed by atoms with Gasteiger partial charge >= 0.3 is 7.05 Å². The van der Waals surface area contributed by atoms with Crippen LogP contribution in [-0.4, -0.2) is 20.2 Å². The van der Waals surface area contributed by atoms with E-state index in [9.17, 15) is 0 Å². The molecule has 1 N–H and O–H groups in total. The first-order chi connectivity index (χ1) is 4.43. The average Bonchev–Trinajstić information content (AvgIpc) is 2.34. The Labute approximate surface area is 57.1 Å². The van der Waals surface area contributed by atoms with Crippen molar-refractivity contribution in [3.63, 3.8) is 0 Å². The van der Waals surface area contributed by atoms with Crippen molar-refractivity contribution in [2.45, 2.75) is 26.1 Å². The summed E-state index contributed by atoms with van der Waals surface area (Å²) in [5.74, 6) is 0. The van der Waals surface area contributed by atoms with E-state index in [1.807, 2.05) is 0 Å². The number of hydrogen-bond acceptors (Lipinski definition) is 2. The molecule has 3 heteroatoms. The predicted molar refractivity (Wildman–Crippen MR) is 39.4 cm³/mol. The number of hydrogen-bond donors (Lipinski definition) is 1. The molecule has 1 aliphatic rings.